The number of hydrogen-bond donors (Lipinski definition) is 2. The first-order chi connectivity index (χ1) is 8.22. The number of piperidine rings is 1. The van der Waals surface area contributed by atoms with Gasteiger partial charge in [0.1, 0.15) is 12.4 Å². The zero-order chi connectivity index (χ0) is 11.9. The van der Waals surface area contributed by atoms with E-state index in [4.69, 9.17) is 0 Å². The summed E-state index contributed by atoms with van der Waals surface area (Å²) in [6.07, 6.45) is 6.11. The number of carboxylic acids is 1. The topological polar surface area (TPSA) is 75.1 Å². The van der Waals surface area contributed by atoms with Crippen molar-refractivity contribution in [3.63, 3.8) is 0 Å². The van der Waals surface area contributed by atoms with Gasteiger partial charge >= 0.3 is 5.97 Å². The van der Waals surface area contributed by atoms with Gasteiger partial charge in [0.15, 0.2) is 0 Å². The number of carbonyl (C=O) groups is 1. The van der Waals surface area contributed by atoms with E-state index in [1.807, 2.05) is 6.07 Å². The molecule has 90 valence electrons. The lowest BCUT2D eigenvalue weighted by atomic mass is 9.73. The molecule has 1 aromatic rings. The number of rotatable bonds is 2. The molecule has 17 heavy (non-hydrogen) atoms. The monoisotopic (exact) mass is 233 g/mol. The Kier molecular flexibility index (Phi) is 2.36. The van der Waals surface area contributed by atoms with Gasteiger partial charge in [0.05, 0.1) is 5.69 Å². The summed E-state index contributed by atoms with van der Waals surface area (Å²) < 4.78 is 0. The van der Waals surface area contributed by atoms with Crippen molar-refractivity contribution in [1.29, 1.82) is 0 Å². The van der Waals surface area contributed by atoms with Crippen molar-refractivity contribution in [1.82, 2.24) is 15.3 Å². The zero-order valence-electron chi connectivity index (χ0n) is 9.47. The SMILES string of the molecule is O=C(O)C1NCC2CCC1(c1ccncn1)C2. The smallest absolute Gasteiger partial charge is 0.321 e. The molecule has 2 heterocycles. The molecule has 0 amide bonds. The number of aliphatic carboxylic acids is 1. The molecule has 5 nitrogen and oxygen atoms in total. The Labute approximate surface area is 99.3 Å². The summed E-state index contributed by atoms with van der Waals surface area (Å²) in [7, 11) is 0. The predicted molar refractivity (Wildman–Crippen MR) is 60.5 cm³/mol. The molecule has 2 aliphatic rings. The fourth-order valence-corrected chi connectivity index (χ4v) is 3.39. The average molecular weight is 233 g/mol. The second-order valence-corrected chi connectivity index (χ2v) is 5.04. The highest BCUT2D eigenvalue weighted by Gasteiger charge is 2.53. The van der Waals surface area contributed by atoms with E-state index in [1.54, 1.807) is 6.20 Å². The summed E-state index contributed by atoms with van der Waals surface area (Å²) in [6.45, 7) is 0.809. The van der Waals surface area contributed by atoms with Crippen molar-refractivity contribution >= 4 is 5.97 Å². The van der Waals surface area contributed by atoms with Crippen molar-refractivity contribution in [2.24, 2.45) is 5.92 Å². The van der Waals surface area contributed by atoms with Crippen LogP contribution in [0, 0.1) is 5.92 Å². The predicted octanol–water partition coefficient (Wildman–Crippen LogP) is 0.571. The fraction of sp³-hybridized carbons (Fsp3) is 0.583. The summed E-state index contributed by atoms with van der Waals surface area (Å²) in [6, 6.07) is 1.34. The van der Waals surface area contributed by atoms with Crippen LogP contribution < -0.4 is 5.32 Å². The van der Waals surface area contributed by atoms with Gasteiger partial charge in [-0.2, -0.15) is 0 Å². The van der Waals surface area contributed by atoms with E-state index >= 15 is 0 Å². The van der Waals surface area contributed by atoms with Gasteiger partial charge in [-0.25, -0.2) is 9.97 Å². The number of nitrogens with one attached hydrogen (secondary N) is 1. The Morgan fingerprint density at radius 1 is 1.59 bits per heavy atom. The second kappa shape index (κ2) is 3.77. The highest BCUT2D eigenvalue weighted by molar-refractivity contribution is 5.76. The Hall–Kier alpha value is -1.49. The van der Waals surface area contributed by atoms with Crippen molar-refractivity contribution in [3.8, 4) is 0 Å². The number of nitrogens with zero attached hydrogens (tertiary/aromatic N) is 2. The van der Waals surface area contributed by atoms with Crippen molar-refractivity contribution < 1.29 is 9.90 Å². The molecule has 3 rings (SSSR count). The minimum atomic E-state index is -0.774. The van der Waals surface area contributed by atoms with Crippen LogP contribution in [0.25, 0.3) is 0 Å². The second-order valence-electron chi connectivity index (χ2n) is 5.04. The molecule has 1 aliphatic heterocycles. The van der Waals surface area contributed by atoms with E-state index in [-0.39, 0.29) is 5.41 Å². The van der Waals surface area contributed by atoms with E-state index in [9.17, 15) is 9.90 Å². The molecule has 1 aliphatic carbocycles. The zero-order valence-corrected chi connectivity index (χ0v) is 9.47. The molecule has 1 aromatic heterocycles. The van der Waals surface area contributed by atoms with Crippen LogP contribution in [0.15, 0.2) is 18.6 Å². The number of carboxylic acid groups (broad SMARTS) is 1. The molecule has 1 saturated heterocycles. The Morgan fingerprint density at radius 2 is 2.47 bits per heavy atom. The van der Waals surface area contributed by atoms with Crippen LogP contribution in [0.1, 0.15) is 25.0 Å². The number of hydrogen-bond acceptors (Lipinski definition) is 4. The maximum atomic E-state index is 11.4. The first-order valence-electron chi connectivity index (χ1n) is 5.95. The fourth-order valence-electron chi connectivity index (χ4n) is 3.39. The quantitative estimate of drug-likeness (QED) is 0.781. The van der Waals surface area contributed by atoms with Crippen LogP contribution in [-0.2, 0) is 10.2 Å². The Bertz CT molecular complexity index is 437. The van der Waals surface area contributed by atoms with Gasteiger partial charge in [-0.05, 0) is 37.8 Å². The van der Waals surface area contributed by atoms with Crippen LogP contribution >= 0.6 is 0 Å². The largest absolute Gasteiger partial charge is 0.480 e. The van der Waals surface area contributed by atoms with Crippen LogP contribution in [-0.4, -0.2) is 33.6 Å². The van der Waals surface area contributed by atoms with Gasteiger partial charge in [-0.3, -0.25) is 4.79 Å². The lowest BCUT2D eigenvalue weighted by molar-refractivity contribution is -0.142. The van der Waals surface area contributed by atoms with Gasteiger partial charge < -0.3 is 10.4 Å². The van der Waals surface area contributed by atoms with Crippen LogP contribution in [0.5, 0.6) is 0 Å². The molecule has 0 aromatic carbocycles. The molecule has 0 radical (unpaired) electrons. The third-order valence-electron chi connectivity index (χ3n) is 4.15. The van der Waals surface area contributed by atoms with Crippen LogP contribution in [0.2, 0.25) is 0 Å². The molecule has 5 heteroatoms. The summed E-state index contributed by atoms with van der Waals surface area (Å²) in [5, 5.41) is 12.5. The third-order valence-corrected chi connectivity index (χ3v) is 4.15. The van der Waals surface area contributed by atoms with Gasteiger partial charge in [0.25, 0.3) is 0 Å². The van der Waals surface area contributed by atoms with Crippen LogP contribution in [0.4, 0.5) is 0 Å². The van der Waals surface area contributed by atoms with Gasteiger partial charge in [0.2, 0.25) is 0 Å². The van der Waals surface area contributed by atoms with E-state index in [1.165, 1.54) is 6.33 Å². The number of aromatic nitrogens is 2. The summed E-state index contributed by atoms with van der Waals surface area (Å²) >= 11 is 0. The molecular formula is C12H15N3O2. The van der Waals surface area contributed by atoms with Crippen LogP contribution in [0.3, 0.4) is 0 Å². The lowest BCUT2D eigenvalue weighted by Crippen LogP contribution is -2.56. The maximum Gasteiger partial charge on any atom is 0.321 e. The molecule has 2 bridgehead atoms. The van der Waals surface area contributed by atoms with Crippen molar-refractivity contribution in [3.05, 3.63) is 24.3 Å². The van der Waals surface area contributed by atoms with E-state index in [0.717, 1.165) is 31.5 Å². The minimum absolute atomic E-state index is 0.336. The van der Waals surface area contributed by atoms with Gasteiger partial charge in [0, 0.05) is 11.6 Å². The standard InChI is InChI=1S/C12H15N3O2/c16-11(17)10-12(9-2-4-13-7-15-9)3-1-8(5-12)6-14-10/h2,4,7-8,10,14H,1,3,5-6H2,(H,16,17). The number of fused-ring (bicyclic) bond motifs is 2. The summed E-state index contributed by atoms with van der Waals surface area (Å²) in [5.74, 6) is -0.190. The lowest BCUT2D eigenvalue weighted by Gasteiger charge is -2.38. The summed E-state index contributed by atoms with van der Waals surface area (Å²) in [4.78, 5) is 19.6. The Morgan fingerprint density at radius 3 is 3.18 bits per heavy atom. The van der Waals surface area contributed by atoms with E-state index in [2.05, 4.69) is 15.3 Å². The third kappa shape index (κ3) is 1.53. The first kappa shape index (κ1) is 10.7. The minimum Gasteiger partial charge on any atom is -0.480 e. The maximum absolute atomic E-state index is 11.4. The van der Waals surface area contributed by atoms with Crippen molar-refractivity contribution in [2.75, 3.05) is 6.54 Å². The molecule has 2 N–H and O–H groups in total. The first-order valence-corrected chi connectivity index (χ1v) is 5.95. The van der Waals surface area contributed by atoms with E-state index < -0.39 is 12.0 Å². The molecule has 3 atom stereocenters. The average Bonchev–Trinajstić information content (AvgIpc) is 2.69. The highest BCUT2D eigenvalue weighted by atomic mass is 16.4. The molecule has 1 saturated carbocycles. The van der Waals surface area contributed by atoms with E-state index in [0.29, 0.717) is 5.92 Å². The van der Waals surface area contributed by atoms with Gasteiger partial charge in [-0.15, -0.1) is 0 Å². The van der Waals surface area contributed by atoms with Gasteiger partial charge in [-0.1, -0.05) is 0 Å². The molecule has 0 spiro atoms. The highest BCUT2D eigenvalue weighted by Crippen LogP contribution is 2.48. The Balaban J connectivity index is 2.05. The summed E-state index contributed by atoms with van der Waals surface area (Å²) in [5.41, 5.74) is 0.534. The van der Waals surface area contributed by atoms with Crippen molar-refractivity contribution in [2.45, 2.75) is 30.7 Å². The molecular weight excluding hydrogens is 218 g/mol. The molecule has 3 unspecified atom stereocenters. The molecule has 2 fully saturated rings. The normalized spacial score (nSPS) is 35.8.